The fourth-order valence-corrected chi connectivity index (χ4v) is 4.12. The number of unbranched alkanes of at least 4 members (excludes halogenated alkanes) is 6. The van der Waals surface area contributed by atoms with Crippen molar-refractivity contribution in [3.05, 3.63) is 59.7 Å². The number of fused-ring (bicyclic) bond motifs is 2. The second-order valence-corrected chi connectivity index (χ2v) is 8.77. The van der Waals surface area contributed by atoms with Gasteiger partial charge < -0.3 is 18.9 Å². The van der Waals surface area contributed by atoms with Crippen LogP contribution in [0.2, 0.25) is 0 Å². The van der Waals surface area contributed by atoms with E-state index in [1.807, 2.05) is 36.4 Å². The van der Waals surface area contributed by atoms with Crippen LogP contribution in [-0.2, 0) is 4.79 Å². The van der Waals surface area contributed by atoms with Gasteiger partial charge in [0.1, 0.15) is 5.78 Å². The van der Waals surface area contributed by atoms with Crippen LogP contribution in [0.5, 0.6) is 23.0 Å². The van der Waals surface area contributed by atoms with Gasteiger partial charge in [-0.25, -0.2) is 0 Å². The third-order valence-corrected chi connectivity index (χ3v) is 6.07. The topological polar surface area (TPSA) is 54.0 Å². The Morgan fingerprint density at radius 3 is 1.59 bits per heavy atom. The van der Waals surface area contributed by atoms with E-state index in [0.29, 0.717) is 19.4 Å². The molecule has 0 aliphatic carbocycles. The van der Waals surface area contributed by atoms with E-state index in [-0.39, 0.29) is 0 Å². The summed E-state index contributed by atoms with van der Waals surface area (Å²) in [5.41, 5.74) is 2.26. The number of ketones is 1. The lowest BCUT2D eigenvalue weighted by Crippen LogP contribution is -1.97. The SMILES string of the molecule is O=C(CCCCC/C=C/c1ccc2c(c1)OCO2)CCCCC/C=C/c1ccc2c(c1)OCO2. The van der Waals surface area contributed by atoms with Crippen LogP contribution < -0.4 is 18.9 Å². The van der Waals surface area contributed by atoms with Gasteiger partial charge in [0, 0.05) is 12.8 Å². The molecule has 0 unspecified atom stereocenters. The maximum absolute atomic E-state index is 12.1. The molecule has 0 bridgehead atoms. The average Bonchev–Trinajstić information content (AvgIpc) is 3.51. The van der Waals surface area contributed by atoms with Crippen molar-refractivity contribution in [3.8, 4) is 23.0 Å². The van der Waals surface area contributed by atoms with Gasteiger partial charge in [-0.3, -0.25) is 4.79 Å². The molecule has 0 spiro atoms. The van der Waals surface area contributed by atoms with Crippen LogP contribution >= 0.6 is 0 Å². The van der Waals surface area contributed by atoms with Gasteiger partial charge in [-0.15, -0.1) is 0 Å². The van der Waals surface area contributed by atoms with E-state index in [2.05, 4.69) is 24.3 Å². The minimum absolute atomic E-state index is 0.307. The van der Waals surface area contributed by atoms with E-state index < -0.39 is 0 Å². The monoisotopic (exact) mass is 462 g/mol. The summed E-state index contributed by atoms with van der Waals surface area (Å²) in [5, 5.41) is 0. The Hall–Kier alpha value is -3.21. The molecule has 0 saturated heterocycles. The second kappa shape index (κ2) is 12.9. The van der Waals surface area contributed by atoms with E-state index >= 15 is 0 Å². The Kier molecular flexibility index (Phi) is 9.06. The summed E-state index contributed by atoms with van der Waals surface area (Å²) in [5.74, 6) is 3.68. The van der Waals surface area contributed by atoms with E-state index in [0.717, 1.165) is 98.3 Å². The lowest BCUT2D eigenvalue weighted by atomic mass is 10.0. The van der Waals surface area contributed by atoms with E-state index in [4.69, 9.17) is 18.9 Å². The number of benzene rings is 2. The van der Waals surface area contributed by atoms with Crippen LogP contribution in [0.15, 0.2) is 48.6 Å². The zero-order valence-corrected chi connectivity index (χ0v) is 19.8. The summed E-state index contributed by atoms with van der Waals surface area (Å²) in [4.78, 5) is 12.1. The van der Waals surface area contributed by atoms with Crippen molar-refractivity contribution in [2.45, 2.75) is 64.2 Å². The molecule has 0 atom stereocenters. The van der Waals surface area contributed by atoms with Gasteiger partial charge in [-0.05, 0) is 73.9 Å². The highest BCUT2D eigenvalue weighted by molar-refractivity contribution is 5.78. The van der Waals surface area contributed by atoms with Crippen LogP contribution in [0.1, 0.15) is 75.3 Å². The minimum atomic E-state index is 0.307. The summed E-state index contributed by atoms with van der Waals surface area (Å²) >= 11 is 0. The van der Waals surface area contributed by atoms with Crippen molar-refractivity contribution in [1.82, 2.24) is 0 Å². The first kappa shape index (κ1) is 23.9. The predicted molar refractivity (Wildman–Crippen MR) is 134 cm³/mol. The molecule has 0 aromatic heterocycles. The number of allylic oxidation sites excluding steroid dienone is 2. The van der Waals surface area contributed by atoms with Crippen molar-refractivity contribution in [2.24, 2.45) is 0 Å². The zero-order chi connectivity index (χ0) is 23.4. The Labute approximate surface area is 202 Å². The molecule has 34 heavy (non-hydrogen) atoms. The molecule has 0 saturated carbocycles. The number of ether oxygens (including phenoxy) is 4. The summed E-state index contributed by atoms with van der Waals surface area (Å²) in [6.07, 6.45) is 18.5. The summed E-state index contributed by atoms with van der Waals surface area (Å²) in [7, 11) is 0. The molecule has 2 heterocycles. The van der Waals surface area contributed by atoms with Gasteiger partial charge in [0.25, 0.3) is 0 Å². The molecular formula is C29H34O5. The Balaban J connectivity index is 0.980. The van der Waals surface area contributed by atoms with Crippen LogP contribution in [-0.4, -0.2) is 19.4 Å². The van der Waals surface area contributed by atoms with E-state index in [1.165, 1.54) is 0 Å². The third kappa shape index (κ3) is 7.41. The third-order valence-electron chi connectivity index (χ3n) is 6.07. The molecule has 0 fully saturated rings. The average molecular weight is 463 g/mol. The fraction of sp³-hybridized carbons (Fsp3) is 0.414. The first-order valence-electron chi connectivity index (χ1n) is 12.4. The maximum atomic E-state index is 12.1. The lowest BCUT2D eigenvalue weighted by molar-refractivity contribution is -0.119. The van der Waals surface area contributed by atoms with Gasteiger partial charge in [0.2, 0.25) is 13.6 Å². The number of carbonyl (C=O) groups excluding carboxylic acids is 1. The molecule has 4 rings (SSSR count). The highest BCUT2D eigenvalue weighted by atomic mass is 16.7. The smallest absolute Gasteiger partial charge is 0.231 e. The largest absolute Gasteiger partial charge is 0.454 e. The number of carbonyl (C=O) groups is 1. The molecule has 2 aliphatic rings. The fourth-order valence-electron chi connectivity index (χ4n) is 4.12. The van der Waals surface area contributed by atoms with Crippen LogP contribution in [0, 0.1) is 0 Å². The Morgan fingerprint density at radius 2 is 1.09 bits per heavy atom. The van der Waals surface area contributed by atoms with Crippen molar-refractivity contribution < 1.29 is 23.7 Å². The summed E-state index contributed by atoms with van der Waals surface area (Å²) < 4.78 is 21.5. The highest BCUT2D eigenvalue weighted by Gasteiger charge is 2.13. The van der Waals surface area contributed by atoms with Crippen molar-refractivity contribution >= 4 is 17.9 Å². The standard InChI is InChI=1S/C29H34O5/c30-25(13-9-5-1-3-7-11-23-15-17-26-28(19-23)33-21-31-26)14-10-6-2-4-8-12-24-16-18-27-29(20-24)34-22-32-27/h7-8,11-12,15-20H,1-6,9-10,13-14,21-22H2/b11-7+,12-8+. The van der Waals surface area contributed by atoms with Crippen LogP contribution in [0.3, 0.4) is 0 Å². The highest BCUT2D eigenvalue weighted by Crippen LogP contribution is 2.33. The van der Waals surface area contributed by atoms with Gasteiger partial charge in [-0.1, -0.05) is 49.3 Å². The Bertz CT molecular complexity index is 928. The molecule has 180 valence electrons. The van der Waals surface area contributed by atoms with Gasteiger partial charge >= 0.3 is 0 Å². The van der Waals surface area contributed by atoms with Crippen molar-refractivity contribution in [3.63, 3.8) is 0 Å². The molecule has 5 heteroatoms. The molecule has 2 aromatic rings. The Morgan fingerprint density at radius 1 is 0.618 bits per heavy atom. The van der Waals surface area contributed by atoms with Gasteiger partial charge in [-0.2, -0.15) is 0 Å². The molecule has 0 radical (unpaired) electrons. The predicted octanol–water partition coefficient (Wildman–Crippen LogP) is 7.34. The molecule has 2 aliphatic heterocycles. The number of hydrogen-bond acceptors (Lipinski definition) is 5. The number of rotatable bonds is 14. The number of hydrogen-bond donors (Lipinski definition) is 0. The molecular weight excluding hydrogens is 428 g/mol. The lowest BCUT2D eigenvalue weighted by Gasteiger charge is -2.01. The molecule has 0 N–H and O–H groups in total. The van der Waals surface area contributed by atoms with E-state index in [9.17, 15) is 4.79 Å². The minimum Gasteiger partial charge on any atom is -0.454 e. The molecule has 2 aromatic carbocycles. The molecule has 0 amide bonds. The van der Waals surface area contributed by atoms with Crippen molar-refractivity contribution in [2.75, 3.05) is 13.6 Å². The second-order valence-electron chi connectivity index (χ2n) is 8.77. The first-order valence-corrected chi connectivity index (χ1v) is 12.4. The maximum Gasteiger partial charge on any atom is 0.231 e. The molecule has 5 nitrogen and oxygen atoms in total. The van der Waals surface area contributed by atoms with Crippen LogP contribution in [0.4, 0.5) is 0 Å². The van der Waals surface area contributed by atoms with Crippen LogP contribution in [0.25, 0.3) is 12.2 Å². The normalized spacial score (nSPS) is 13.9. The van der Waals surface area contributed by atoms with Gasteiger partial charge in [0.05, 0.1) is 0 Å². The quantitative estimate of drug-likeness (QED) is 0.275. The summed E-state index contributed by atoms with van der Waals surface area (Å²) in [6.45, 7) is 0.615. The zero-order valence-electron chi connectivity index (χ0n) is 19.8. The summed E-state index contributed by atoms with van der Waals surface area (Å²) in [6, 6.07) is 12.0. The number of Topliss-reactive ketones (excluding diaryl/α,β-unsaturated/α-hetero) is 1. The van der Waals surface area contributed by atoms with E-state index in [1.54, 1.807) is 0 Å². The van der Waals surface area contributed by atoms with Crippen molar-refractivity contribution in [1.29, 1.82) is 0 Å². The van der Waals surface area contributed by atoms with Gasteiger partial charge in [0.15, 0.2) is 23.0 Å². The first-order chi connectivity index (χ1) is 16.8.